The van der Waals surface area contributed by atoms with Crippen molar-refractivity contribution >= 4 is 5.57 Å². The van der Waals surface area contributed by atoms with Crippen molar-refractivity contribution in [3.8, 4) is 5.75 Å². The van der Waals surface area contributed by atoms with Crippen LogP contribution in [0.25, 0.3) is 5.57 Å². The van der Waals surface area contributed by atoms with Gasteiger partial charge >= 0.3 is 0 Å². The first-order chi connectivity index (χ1) is 7.50. The number of para-hydroxylation sites is 1. The van der Waals surface area contributed by atoms with E-state index in [1.165, 1.54) is 5.57 Å². The first-order valence-corrected chi connectivity index (χ1v) is 5.54. The summed E-state index contributed by atoms with van der Waals surface area (Å²) < 4.78 is 5.39. The van der Waals surface area contributed by atoms with Crippen LogP contribution in [0.4, 0.5) is 0 Å². The fourth-order valence-electron chi connectivity index (χ4n) is 1.81. The van der Waals surface area contributed by atoms with Gasteiger partial charge in [0, 0.05) is 12.1 Å². The molecule has 0 bridgehead atoms. The van der Waals surface area contributed by atoms with Crippen molar-refractivity contribution in [3.05, 3.63) is 35.9 Å². The molecule has 0 aromatic heterocycles. The highest BCUT2D eigenvalue weighted by Crippen LogP contribution is 2.37. The lowest BCUT2D eigenvalue weighted by molar-refractivity contribution is 0.411. The predicted molar refractivity (Wildman–Crippen MR) is 69.5 cm³/mol. The fraction of sp³-hybridized carbons (Fsp3) is 0.429. The van der Waals surface area contributed by atoms with Crippen LogP contribution in [0.2, 0.25) is 0 Å². The summed E-state index contributed by atoms with van der Waals surface area (Å²) in [7, 11) is 1.70. The molecule has 1 rings (SSSR count). The summed E-state index contributed by atoms with van der Waals surface area (Å²) in [6.07, 6.45) is 2.07. The van der Waals surface area contributed by atoms with Gasteiger partial charge < -0.3 is 10.5 Å². The van der Waals surface area contributed by atoms with Crippen molar-refractivity contribution < 1.29 is 4.74 Å². The minimum absolute atomic E-state index is 0.0635. The second-order valence-corrected chi connectivity index (χ2v) is 4.80. The molecule has 2 heteroatoms. The molecule has 0 spiro atoms. The Morgan fingerprint density at radius 2 is 1.94 bits per heavy atom. The topological polar surface area (TPSA) is 35.2 Å². The molecule has 0 atom stereocenters. The zero-order valence-electron chi connectivity index (χ0n) is 10.6. The number of hydrogen-bond acceptors (Lipinski definition) is 2. The standard InChI is InChI=1S/C14H21NO/c1-14(2,3)12(9-10-15)11-7-5-6-8-13(11)16-4/h5-9H,10,15H2,1-4H3/b12-9+. The molecule has 0 saturated carbocycles. The molecule has 0 unspecified atom stereocenters. The lowest BCUT2D eigenvalue weighted by Crippen LogP contribution is -2.11. The molecule has 16 heavy (non-hydrogen) atoms. The third kappa shape index (κ3) is 2.86. The number of hydrogen-bond donors (Lipinski definition) is 1. The van der Waals surface area contributed by atoms with Crippen LogP contribution < -0.4 is 10.5 Å². The van der Waals surface area contributed by atoms with Crippen molar-refractivity contribution in [1.82, 2.24) is 0 Å². The van der Waals surface area contributed by atoms with Gasteiger partial charge in [-0.15, -0.1) is 0 Å². The van der Waals surface area contributed by atoms with Crippen LogP contribution in [0.1, 0.15) is 26.3 Å². The molecule has 0 radical (unpaired) electrons. The van der Waals surface area contributed by atoms with Crippen LogP contribution in [-0.2, 0) is 0 Å². The maximum atomic E-state index is 5.64. The van der Waals surface area contributed by atoms with E-state index in [-0.39, 0.29) is 5.41 Å². The van der Waals surface area contributed by atoms with E-state index in [2.05, 4.69) is 32.9 Å². The largest absolute Gasteiger partial charge is 0.496 e. The SMILES string of the molecule is COc1ccccc1/C(=C\CN)C(C)(C)C. The lowest BCUT2D eigenvalue weighted by atomic mass is 9.81. The monoisotopic (exact) mass is 219 g/mol. The van der Waals surface area contributed by atoms with Gasteiger partial charge in [-0.3, -0.25) is 0 Å². The van der Waals surface area contributed by atoms with Gasteiger partial charge in [-0.1, -0.05) is 45.0 Å². The molecule has 0 aliphatic carbocycles. The van der Waals surface area contributed by atoms with Crippen LogP contribution >= 0.6 is 0 Å². The Balaban J connectivity index is 3.27. The Bertz CT molecular complexity index is 375. The second kappa shape index (κ2) is 5.17. The Labute approximate surface area is 98.1 Å². The summed E-state index contributed by atoms with van der Waals surface area (Å²) in [5.74, 6) is 0.900. The third-order valence-electron chi connectivity index (χ3n) is 2.53. The lowest BCUT2D eigenvalue weighted by Gasteiger charge is -2.25. The van der Waals surface area contributed by atoms with Gasteiger partial charge in [-0.25, -0.2) is 0 Å². The summed E-state index contributed by atoms with van der Waals surface area (Å²) in [6, 6.07) is 8.05. The summed E-state index contributed by atoms with van der Waals surface area (Å²) in [5, 5.41) is 0. The smallest absolute Gasteiger partial charge is 0.126 e. The maximum absolute atomic E-state index is 5.64. The molecular weight excluding hydrogens is 198 g/mol. The average molecular weight is 219 g/mol. The van der Waals surface area contributed by atoms with E-state index in [0.29, 0.717) is 6.54 Å². The number of nitrogens with two attached hydrogens (primary N) is 1. The molecule has 1 aromatic rings. The van der Waals surface area contributed by atoms with Gasteiger partial charge in [-0.05, 0) is 17.1 Å². The van der Waals surface area contributed by atoms with E-state index < -0.39 is 0 Å². The van der Waals surface area contributed by atoms with E-state index >= 15 is 0 Å². The van der Waals surface area contributed by atoms with Crippen molar-refractivity contribution in [2.24, 2.45) is 11.1 Å². The van der Waals surface area contributed by atoms with Gasteiger partial charge in [-0.2, -0.15) is 0 Å². The highest BCUT2D eigenvalue weighted by molar-refractivity contribution is 5.74. The highest BCUT2D eigenvalue weighted by Gasteiger charge is 2.20. The molecule has 0 amide bonds. The molecule has 0 aliphatic heterocycles. The highest BCUT2D eigenvalue weighted by atomic mass is 16.5. The van der Waals surface area contributed by atoms with Crippen LogP contribution in [0.15, 0.2) is 30.3 Å². The van der Waals surface area contributed by atoms with Gasteiger partial charge in [0.25, 0.3) is 0 Å². The van der Waals surface area contributed by atoms with Crippen molar-refractivity contribution in [2.75, 3.05) is 13.7 Å². The number of methoxy groups -OCH3 is 1. The summed E-state index contributed by atoms with van der Waals surface area (Å²) in [4.78, 5) is 0. The van der Waals surface area contributed by atoms with E-state index in [0.717, 1.165) is 11.3 Å². The molecule has 2 N–H and O–H groups in total. The predicted octanol–water partition coefficient (Wildman–Crippen LogP) is 3.08. The van der Waals surface area contributed by atoms with Crippen molar-refractivity contribution in [2.45, 2.75) is 20.8 Å². The molecule has 0 fully saturated rings. The van der Waals surface area contributed by atoms with Crippen molar-refractivity contribution in [1.29, 1.82) is 0 Å². The zero-order chi connectivity index (χ0) is 12.2. The summed E-state index contributed by atoms with van der Waals surface area (Å²) in [6.45, 7) is 7.09. The first kappa shape index (κ1) is 12.8. The third-order valence-corrected chi connectivity index (χ3v) is 2.53. The van der Waals surface area contributed by atoms with Gasteiger partial charge in [0.05, 0.1) is 7.11 Å². The van der Waals surface area contributed by atoms with E-state index in [1.54, 1.807) is 7.11 Å². The minimum Gasteiger partial charge on any atom is -0.496 e. The van der Waals surface area contributed by atoms with Crippen LogP contribution in [0.3, 0.4) is 0 Å². The fourth-order valence-corrected chi connectivity index (χ4v) is 1.81. The number of rotatable bonds is 3. The van der Waals surface area contributed by atoms with Crippen LogP contribution in [0, 0.1) is 5.41 Å². The zero-order valence-corrected chi connectivity index (χ0v) is 10.6. The number of benzene rings is 1. The molecule has 0 heterocycles. The molecule has 1 aromatic carbocycles. The van der Waals surface area contributed by atoms with E-state index in [9.17, 15) is 0 Å². The number of allylic oxidation sites excluding steroid dienone is 1. The first-order valence-electron chi connectivity index (χ1n) is 5.54. The van der Waals surface area contributed by atoms with Gasteiger partial charge in [0.1, 0.15) is 5.75 Å². The number of ether oxygens (including phenoxy) is 1. The van der Waals surface area contributed by atoms with Gasteiger partial charge in [0.2, 0.25) is 0 Å². The minimum atomic E-state index is 0.0635. The Kier molecular flexibility index (Phi) is 4.13. The van der Waals surface area contributed by atoms with E-state index in [4.69, 9.17) is 10.5 Å². The molecule has 0 saturated heterocycles. The molecular formula is C14H21NO. The Hall–Kier alpha value is -1.28. The summed E-state index contributed by atoms with van der Waals surface area (Å²) in [5.41, 5.74) is 8.06. The Morgan fingerprint density at radius 1 is 1.31 bits per heavy atom. The molecule has 88 valence electrons. The van der Waals surface area contributed by atoms with E-state index in [1.807, 2.05) is 18.2 Å². The molecule has 2 nitrogen and oxygen atoms in total. The molecule has 0 aliphatic rings. The summed E-state index contributed by atoms with van der Waals surface area (Å²) >= 11 is 0. The van der Waals surface area contributed by atoms with Crippen molar-refractivity contribution in [3.63, 3.8) is 0 Å². The van der Waals surface area contributed by atoms with Gasteiger partial charge in [0.15, 0.2) is 0 Å². The normalized spacial score (nSPS) is 12.7. The second-order valence-electron chi connectivity index (χ2n) is 4.80. The quantitative estimate of drug-likeness (QED) is 0.848. The Morgan fingerprint density at radius 3 is 2.44 bits per heavy atom. The average Bonchev–Trinajstić information content (AvgIpc) is 2.24. The maximum Gasteiger partial charge on any atom is 0.126 e. The van der Waals surface area contributed by atoms with Crippen LogP contribution in [0.5, 0.6) is 5.75 Å². The van der Waals surface area contributed by atoms with Crippen LogP contribution in [-0.4, -0.2) is 13.7 Å².